The first-order chi connectivity index (χ1) is 15.2. The Morgan fingerprint density at radius 1 is 1.31 bits per heavy atom. The number of rotatable bonds is 7. The second-order valence-corrected chi connectivity index (χ2v) is 7.60. The van der Waals surface area contributed by atoms with Crippen LogP contribution in [0.4, 0.5) is 11.4 Å². The van der Waals surface area contributed by atoms with Crippen LogP contribution in [0.2, 0.25) is 5.02 Å². The average molecular weight is 473 g/mol. The molecule has 3 rings (SSSR count). The van der Waals surface area contributed by atoms with E-state index in [4.69, 9.17) is 39.0 Å². The number of ether oxygens (including phenoxy) is 2. The highest BCUT2D eigenvalue weighted by atomic mass is 35.5. The number of hydrogen-bond acceptors (Lipinski definition) is 6. The lowest BCUT2D eigenvalue weighted by atomic mass is 10.0. The predicted octanol–water partition coefficient (Wildman–Crippen LogP) is 3.78. The first kappa shape index (κ1) is 23.2. The molecule has 0 atom stereocenters. The van der Waals surface area contributed by atoms with Gasteiger partial charge in [0.25, 0.3) is 11.8 Å². The number of nitrogens with two attached hydrogens (primary N) is 1. The van der Waals surface area contributed by atoms with Gasteiger partial charge in [-0.3, -0.25) is 19.5 Å². The zero-order valence-electron chi connectivity index (χ0n) is 17.7. The number of nitrogens with zero attached hydrogens (tertiary/aromatic N) is 3. The molecule has 0 unspecified atom stereocenters. The molecular formula is C22H21ClN4O4S. The topological polar surface area (TPSA) is 97.5 Å². The van der Waals surface area contributed by atoms with Crippen molar-refractivity contribution >= 4 is 64.6 Å². The highest BCUT2D eigenvalue weighted by Crippen LogP contribution is 2.37. The Morgan fingerprint density at radius 3 is 2.53 bits per heavy atom. The van der Waals surface area contributed by atoms with Crippen molar-refractivity contribution in [3.05, 3.63) is 52.6 Å². The van der Waals surface area contributed by atoms with Crippen molar-refractivity contribution in [1.29, 1.82) is 0 Å². The number of amides is 2. The van der Waals surface area contributed by atoms with Crippen LogP contribution in [-0.2, 0) is 4.79 Å². The van der Waals surface area contributed by atoms with Gasteiger partial charge in [0, 0.05) is 24.7 Å². The molecule has 0 spiro atoms. The zero-order chi connectivity index (χ0) is 23.6. The molecular weight excluding hydrogens is 452 g/mol. The summed E-state index contributed by atoms with van der Waals surface area (Å²) in [6.45, 7) is 5.53. The van der Waals surface area contributed by atoms with Crippen molar-refractivity contribution < 1.29 is 19.1 Å². The summed E-state index contributed by atoms with van der Waals surface area (Å²) >= 11 is 11.8. The Balaban J connectivity index is 1.96. The fraction of sp³-hybridized carbons (Fsp3) is 0.182. The van der Waals surface area contributed by atoms with E-state index in [0.29, 0.717) is 38.6 Å². The van der Waals surface area contributed by atoms with Crippen LogP contribution in [0.3, 0.4) is 0 Å². The van der Waals surface area contributed by atoms with Gasteiger partial charge < -0.3 is 20.1 Å². The number of aliphatic imine (C=N–C) groups is 1. The van der Waals surface area contributed by atoms with Crippen LogP contribution < -0.4 is 20.1 Å². The highest BCUT2D eigenvalue weighted by molar-refractivity contribution is 7.80. The minimum atomic E-state index is -0.655. The Kier molecular flexibility index (Phi) is 6.81. The van der Waals surface area contributed by atoms with E-state index in [0.717, 1.165) is 0 Å². The molecule has 166 valence electrons. The molecule has 1 saturated heterocycles. The number of carbonyl (C=O) groups is 2. The first-order valence-electron chi connectivity index (χ1n) is 9.42. The highest BCUT2D eigenvalue weighted by Gasteiger charge is 2.32. The van der Waals surface area contributed by atoms with Gasteiger partial charge in [0.1, 0.15) is 17.3 Å². The molecule has 0 saturated carbocycles. The lowest BCUT2D eigenvalue weighted by molar-refractivity contribution is -0.116. The van der Waals surface area contributed by atoms with Crippen molar-refractivity contribution in [3.8, 4) is 11.5 Å². The normalized spacial score (nSPS) is 14.1. The summed E-state index contributed by atoms with van der Waals surface area (Å²) < 4.78 is 11.2. The number of methoxy groups -OCH3 is 1. The predicted molar refractivity (Wildman–Crippen MR) is 129 cm³/mol. The molecule has 2 N–H and O–H groups in total. The number of benzene rings is 2. The van der Waals surface area contributed by atoms with E-state index in [2.05, 4.69) is 11.7 Å². The summed E-state index contributed by atoms with van der Waals surface area (Å²) in [6.07, 6.45) is 1.71. The van der Waals surface area contributed by atoms with Crippen LogP contribution in [-0.4, -0.2) is 49.2 Å². The number of thiocarbonyl (C=S) groups is 1. The lowest BCUT2D eigenvalue weighted by Crippen LogP contribution is -2.31. The van der Waals surface area contributed by atoms with E-state index in [1.54, 1.807) is 49.2 Å². The van der Waals surface area contributed by atoms with E-state index < -0.39 is 5.91 Å². The Morgan fingerprint density at radius 2 is 2.03 bits per heavy atom. The van der Waals surface area contributed by atoms with Gasteiger partial charge in [-0.15, -0.1) is 0 Å². The maximum absolute atomic E-state index is 12.3. The van der Waals surface area contributed by atoms with Gasteiger partial charge in [0.05, 0.1) is 35.6 Å². The Bertz CT molecular complexity index is 1160. The Labute approximate surface area is 195 Å². The van der Waals surface area contributed by atoms with Gasteiger partial charge in [-0.2, -0.15) is 0 Å². The third-order valence-electron chi connectivity index (χ3n) is 4.81. The minimum Gasteiger partial charge on any atom is -0.496 e. The molecule has 2 aromatic rings. The summed E-state index contributed by atoms with van der Waals surface area (Å²) in [6, 6.07) is 7.99. The monoisotopic (exact) mass is 472 g/mol. The number of carbonyl (C=O) groups excluding carboxylic acids is 2. The van der Waals surface area contributed by atoms with Crippen molar-refractivity contribution in [2.24, 2.45) is 10.7 Å². The second-order valence-electron chi connectivity index (χ2n) is 6.83. The molecule has 0 bridgehead atoms. The largest absolute Gasteiger partial charge is 0.496 e. The molecule has 1 aliphatic heterocycles. The van der Waals surface area contributed by atoms with E-state index in [9.17, 15) is 9.59 Å². The second kappa shape index (κ2) is 9.37. The van der Waals surface area contributed by atoms with E-state index in [-0.39, 0.29) is 23.8 Å². The zero-order valence-corrected chi connectivity index (χ0v) is 19.3. The standard InChI is InChI=1S/C22H21ClN4O4S/c1-5-18(13-9-14(21(24)29)19(30-4)10-16(13)25-2)31-12-6-7-17(15(23)8-12)27-20(28)11-26(3)22(27)32/h5-10H,2,11H2,1,3-4H3,(H2,24,29)/b18-5+. The van der Waals surface area contributed by atoms with Gasteiger partial charge in [-0.05, 0) is 50.1 Å². The number of primary amides is 1. The number of anilines is 1. The van der Waals surface area contributed by atoms with Crippen molar-refractivity contribution in [3.63, 3.8) is 0 Å². The van der Waals surface area contributed by atoms with Crippen LogP contribution in [0.15, 0.2) is 41.4 Å². The third-order valence-corrected chi connectivity index (χ3v) is 5.61. The van der Waals surface area contributed by atoms with Crippen LogP contribution in [0.1, 0.15) is 22.8 Å². The fourth-order valence-corrected chi connectivity index (χ4v) is 3.76. The SMILES string of the molecule is C=Nc1cc(OC)c(C(N)=O)cc1/C(=C\C)Oc1ccc(N2C(=O)CN(C)C2=S)c(Cl)c1. The third kappa shape index (κ3) is 4.30. The summed E-state index contributed by atoms with van der Waals surface area (Å²) in [7, 11) is 3.17. The molecule has 0 radical (unpaired) electrons. The van der Waals surface area contributed by atoms with Gasteiger partial charge in [-0.25, -0.2) is 0 Å². The van der Waals surface area contributed by atoms with Crippen LogP contribution in [0, 0.1) is 0 Å². The number of likely N-dealkylation sites (N-methyl/N-ethyl adjacent to an activating group) is 1. The van der Waals surface area contributed by atoms with E-state index in [1.807, 2.05) is 0 Å². The van der Waals surface area contributed by atoms with Crippen molar-refractivity contribution in [2.45, 2.75) is 6.92 Å². The van der Waals surface area contributed by atoms with Crippen LogP contribution in [0.25, 0.3) is 5.76 Å². The average Bonchev–Trinajstić information content (AvgIpc) is 3.02. The molecule has 1 aliphatic rings. The number of hydrogen-bond donors (Lipinski definition) is 1. The summed E-state index contributed by atoms with van der Waals surface area (Å²) in [4.78, 5) is 31.2. The van der Waals surface area contributed by atoms with Crippen LogP contribution >= 0.6 is 23.8 Å². The molecule has 32 heavy (non-hydrogen) atoms. The van der Waals surface area contributed by atoms with Crippen molar-refractivity contribution in [2.75, 3.05) is 25.6 Å². The fourth-order valence-electron chi connectivity index (χ4n) is 3.24. The molecule has 1 fully saturated rings. The molecule has 0 aliphatic carbocycles. The molecule has 10 heteroatoms. The first-order valence-corrected chi connectivity index (χ1v) is 10.2. The summed E-state index contributed by atoms with van der Waals surface area (Å²) in [5, 5.41) is 0.664. The lowest BCUT2D eigenvalue weighted by Gasteiger charge is -2.19. The smallest absolute Gasteiger partial charge is 0.252 e. The molecule has 2 amide bonds. The van der Waals surface area contributed by atoms with Crippen LogP contribution in [0.5, 0.6) is 11.5 Å². The van der Waals surface area contributed by atoms with Crippen molar-refractivity contribution in [1.82, 2.24) is 4.90 Å². The molecule has 2 aromatic carbocycles. The molecule has 0 aromatic heterocycles. The van der Waals surface area contributed by atoms with E-state index >= 15 is 0 Å². The Hall–Kier alpha value is -3.43. The summed E-state index contributed by atoms with van der Waals surface area (Å²) in [5.41, 5.74) is 7.07. The maximum atomic E-state index is 12.3. The quantitative estimate of drug-likeness (QED) is 0.374. The van der Waals surface area contributed by atoms with E-state index in [1.165, 1.54) is 18.1 Å². The van der Waals surface area contributed by atoms with Gasteiger partial charge in [0.15, 0.2) is 5.11 Å². The summed E-state index contributed by atoms with van der Waals surface area (Å²) in [5.74, 6) is 0.264. The van der Waals surface area contributed by atoms with Gasteiger partial charge in [0.2, 0.25) is 0 Å². The number of halogens is 1. The molecule has 1 heterocycles. The minimum absolute atomic E-state index is 0.166. The van der Waals surface area contributed by atoms with Gasteiger partial charge in [-0.1, -0.05) is 11.6 Å². The molecule has 8 nitrogen and oxygen atoms in total. The number of allylic oxidation sites excluding steroid dienone is 1. The maximum Gasteiger partial charge on any atom is 0.252 e. The van der Waals surface area contributed by atoms with Gasteiger partial charge >= 0.3 is 0 Å².